The van der Waals surface area contributed by atoms with Gasteiger partial charge >= 0.3 is 0 Å². The fourth-order valence-corrected chi connectivity index (χ4v) is 3.20. The van der Waals surface area contributed by atoms with E-state index in [2.05, 4.69) is 58.0 Å². The molecular formula is C17H26N2O. The van der Waals surface area contributed by atoms with Crippen LogP contribution in [0.15, 0.2) is 28.7 Å². The summed E-state index contributed by atoms with van der Waals surface area (Å²) < 4.78 is 5.99. The van der Waals surface area contributed by atoms with Crippen LogP contribution in [0.4, 0.5) is 0 Å². The Hall–Kier alpha value is -1.32. The molecule has 1 unspecified atom stereocenters. The number of nitrogens with zero attached hydrogens (tertiary/aromatic N) is 1. The van der Waals surface area contributed by atoms with Gasteiger partial charge in [-0.25, -0.2) is 0 Å². The minimum Gasteiger partial charge on any atom is -0.459 e. The molecule has 0 spiro atoms. The minimum absolute atomic E-state index is 0.0665. The molecule has 0 aliphatic carbocycles. The van der Waals surface area contributed by atoms with Crippen molar-refractivity contribution in [1.29, 1.82) is 0 Å². The smallest absolute Gasteiger partial charge is 0.134 e. The Morgan fingerprint density at radius 1 is 1.20 bits per heavy atom. The lowest BCUT2D eigenvalue weighted by Crippen LogP contribution is -2.51. The molecule has 1 aromatic carbocycles. The van der Waals surface area contributed by atoms with Crippen LogP contribution in [0.2, 0.25) is 0 Å². The average Bonchev–Trinajstić information content (AvgIpc) is 2.83. The first kappa shape index (κ1) is 15.1. The average molecular weight is 274 g/mol. The lowest BCUT2D eigenvalue weighted by molar-refractivity contribution is 0.0969. The van der Waals surface area contributed by atoms with Gasteiger partial charge < -0.3 is 15.1 Å². The predicted octanol–water partition coefficient (Wildman–Crippen LogP) is 3.86. The zero-order valence-corrected chi connectivity index (χ0v) is 13.2. The molecule has 0 bridgehead atoms. The SMILES string of the molecule is CCC(CC)(C(N)c1cc2cc(C)ccc2o1)N(C)C. The number of aryl methyl sites for hydroxylation is 1. The number of hydrogen-bond donors (Lipinski definition) is 1. The number of nitrogens with two attached hydrogens (primary N) is 1. The van der Waals surface area contributed by atoms with E-state index in [9.17, 15) is 0 Å². The van der Waals surface area contributed by atoms with Crippen LogP contribution in [0.1, 0.15) is 44.1 Å². The summed E-state index contributed by atoms with van der Waals surface area (Å²) in [7, 11) is 4.19. The first-order valence-corrected chi connectivity index (χ1v) is 7.37. The largest absolute Gasteiger partial charge is 0.459 e. The summed E-state index contributed by atoms with van der Waals surface area (Å²) in [4.78, 5) is 2.23. The van der Waals surface area contributed by atoms with Gasteiger partial charge in [0.15, 0.2) is 0 Å². The second-order valence-electron chi connectivity index (χ2n) is 5.87. The van der Waals surface area contributed by atoms with Gasteiger partial charge in [0.2, 0.25) is 0 Å². The van der Waals surface area contributed by atoms with Crippen molar-refractivity contribution in [1.82, 2.24) is 4.90 Å². The summed E-state index contributed by atoms with van der Waals surface area (Å²) >= 11 is 0. The van der Waals surface area contributed by atoms with E-state index in [0.29, 0.717) is 0 Å². The van der Waals surface area contributed by atoms with Gasteiger partial charge in [0.25, 0.3) is 0 Å². The third-order valence-electron chi connectivity index (χ3n) is 4.69. The molecule has 1 atom stereocenters. The minimum atomic E-state index is -0.125. The molecular weight excluding hydrogens is 248 g/mol. The first-order valence-electron chi connectivity index (χ1n) is 7.37. The van der Waals surface area contributed by atoms with Crippen molar-refractivity contribution in [3.05, 3.63) is 35.6 Å². The number of furan rings is 1. The second-order valence-corrected chi connectivity index (χ2v) is 5.87. The maximum atomic E-state index is 6.56. The monoisotopic (exact) mass is 274 g/mol. The highest BCUT2D eigenvalue weighted by molar-refractivity contribution is 5.78. The topological polar surface area (TPSA) is 42.4 Å². The lowest BCUT2D eigenvalue weighted by Gasteiger charge is -2.42. The van der Waals surface area contributed by atoms with Gasteiger partial charge in [0.1, 0.15) is 11.3 Å². The number of hydrogen-bond acceptors (Lipinski definition) is 3. The standard InChI is InChI=1S/C17H26N2O/c1-6-17(7-2,19(4)5)16(18)15-11-13-10-12(3)8-9-14(13)20-15/h8-11,16H,6-7,18H2,1-5H3. The molecule has 3 nitrogen and oxygen atoms in total. The van der Waals surface area contributed by atoms with E-state index in [1.54, 1.807) is 0 Å². The normalized spacial score (nSPS) is 14.2. The molecule has 0 aliphatic rings. The molecule has 0 saturated heterocycles. The maximum Gasteiger partial charge on any atom is 0.134 e. The van der Waals surface area contributed by atoms with E-state index < -0.39 is 0 Å². The van der Waals surface area contributed by atoms with Crippen LogP contribution in [0.5, 0.6) is 0 Å². The molecule has 1 aromatic heterocycles. The van der Waals surface area contributed by atoms with Gasteiger partial charge in [-0.3, -0.25) is 0 Å². The predicted molar refractivity (Wildman–Crippen MR) is 84.9 cm³/mol. The van der Waals surface area contributed by atoms with E-state index >= 15 is 0 Å². The summed E-state index contributed by atoms with van der Waals surface area (Å²) in [6.07, 6.45) is 1.99. The molecule has 2 N–H and O–H groups in total. The van der Waals surface area contributed by atoms with Crippen LogP contribution in [0, 0.1) is 6.92 Å². The molecule has 0 aliphatic heterocycles. The molecule has 20 heavy (non-hydrogen) atoms. The van der Waals surface area contributed by atoms with Gasteiger partial charge in [-0.1, -0.05) is 25.5 Å². The van der Waals surface area contributed by atoms with Crippen molar-refractivity contribution < 1.29 is 4.42 Å². The molecule has 0 fully saturated rings. The van der Waals surface area contributed by atoms with E-state index in [0.717, 1.165) is 29.6 Å². The quantitative estimate of drug-likeness (QED) is 0.900. The van der Waals surface area contributed by atoms with Gasteiger partial charge in [0, 0.05) is 10.9 Å². The highest BCUT2D eigenvalue weighted by Gasteiger charge is 2.38. The number of fused-ring (bicyclic) bond motifs is 1. The molecule has 110 valence electrons. The summed E-state index contributed by atoms with van der Waals surface area (Å²) in [5.41, 5.74) is 8.65. The molecule has 0 amide bonds. The highest BCUT2D eigenvalue weighted by atomic mass is 16.3. The van der Waals surface area contributed by atoms with E-state index in [1.807, 2.05) is 6.07 Å². The fourth-order valence-electron chi connectivity index (χ4n) is 3.20. The van der Waals surface area contributed by atoms with Crippen LogP contribution < -0.4 is 5.73 Å². The maximum absolute atomic E-state index is 6.56. The van der Waals surface area contributed by atoms with Crippen LogP contribution in [0.25, 0.3) is 11.0 Å². The number of benzene rings is 1. The lowest BCUT2D eigenvalue weighted by atomic mass is 9.82. The van der Waals surface area contributed by atoms with E-state index in [-0.39, 0.29) is 11.6 Å². The van der Waals surface area contributed by atoms with Crippen LogP contribution in [-0.2, 0) is 0 Å². The molecule has 3 heteroatoms. The van der Waals surface area contributed by atoms with Gasteiger partial charge in [-0.05, 0) is 52.1 Å². The zero-order valence-electron chi connectivity index (χ0n) is 13.2. The third kappa shape index (κ3) is 2.36. The summed E-state index contributed by atoms with van der Waals surface area (Å²) in [6.45, 7) is 6.47. The Kier molecular flexibility index (Phi) is 4.21. The van der Waals surface area contributed by atoms with Crippen molar-refractivity contribution >= 4 is 11.0 Å². The van der Waals surface area contributed by atoms with Crippen molar-refractivity contribution in [3.63, 3.8) is 0 Å². The van der Waals surface area contributed by atoms with Crippen molar-refractivity contribution in [2.45, 2.75) is 45.2 Å². The third-order valence-corrected chi connectivity index (χ3v) is 4.69. The molecule has 1 heterocycles. The zero-order chi connectivity index (χ0) is 14.9. The Labute approximate surface area is 121 Å². The number of likely N-dealkylation sites (N-methyl/N-ethyl adjacent to an activating group) is 1. The van der Waals surface area contributed by atoms with Crippen LogP contribution in [-0.4, -0.2) is 24.5 Å². The summed E-state index contributed by atoms with van der Waals surface area (Å²) in [5, 5.41) is 1.13. The molecule has 0 saturated carbocycles. The molecule has 0 radical (unpaired) electrons. The van der Waals surface area contributed by atoms with Crippen molar-refractivity contribution in [2.75, 3.05) is 14.1 Å². The molecule has 2 rings (SSSR count). The van der Waals surface area contributed by atoms with E-state index in [1.165, 1.54) is 5.56 Å². The van der Waals surface area contributed by atoms with Crippen LogP contribution >= 0.6 is 0 Å². The summed E-state index contributed by atoms with van der Waals surface area (Å²) in [5.74, 6) is 0.878. The van der Waals surface area contributed by atoms with Gasteiger partial charge in [-0.15, -0.1) is 0 Å². The Morgan fingerprint density at radius 2 is 1.85 bits per heavy atom. The number of rotatable bonds is 5. The van der Waals surface area contributed by atoms with Gasteiger partial charge in [-0.2, -0.15) is 0 Å². The first-order chi connectivity index (χ1) is 9.44. The Morgan fingerprint density at radius 3 is 2.40 bits per heavy atom. The fraction of sp³-hybridized carbons (Fsp3) is 0.529. The molecule has 2 aromatic rings. The van der Waals surface area contributed by atoms with Crippen LogP contribution in [0.3, 0.4) is 0 Å². The Bertz CT molecular complexity index is 582. The highest BCUT2D eigenvalue weighted by Crippen LogP contribution is 2.36. The van der Waals surface area contributed by atoms with Crippen molar-refractivity contribution in [3.8, 4) is 0 Å². The second kappa shape index (κ2) is 5.58. The van der Waals surface area contributed by atoms with Crippen molar-refractivity contribution in [2.24, 2.45) is 5.73 Å². The summed E-state index contributed by atoms with van der Waals surface area (Å²) in [6, 6.07) is 8.21. The van der Waals surface area contributed by atoms with E-state index in [4.69, 9.17) is 10.2 Å². The Balaban J connectivity index is 2.46. The van der Waals surface area contributed by atoms with Gasteiger partial charge in [0.05, 0.1) is 6.04 Å².